The van der Waals surface area contributed by atoms with Crippen molar-refractivity contribution in [3.8, 4) is 16.9 Å². The highest BCUT2D eigenvalue weighted by atomic mass is 16.5. The Hall–Kier alpha value is -2.82. The Morgan fingerprint density at radius 2 is 1.96 bits per heavy atom. The molecule has 1 fully saturated rings. The highest BCUT2D eigenvalue weighted by molar-refractivity contribution is 5.76. The number of ether oxygens (including phenoxy) is 2. The van der Waals surface area contributed by atoms with Gasteiger partial charge in [-0.15, -0.1) is 0 Å². The third-order valence-corrected chi connectivity index (χ3v) is 6.34. The zero-order valence-electron chi connectivity index (χ0n) is 14.4. The van der Waals surface area contributed by atoms with Crippen LogP contribution in [0.25, 0.3) is 17.2 Å². The number of benzene rings is 1. The van der Waals surface area contributed by atoms with E-state index in [1.807, 2.05) is 6.20 Å². The lowest BCUT2D eigenvalue weighted by Gasteiger charge is -2.39. The Morgan fingerprint density at radius 3 is 2.77 bits per heavy atom. The van der Waals surface area contributed by atoms with Gasteiger partial charge in [-0.2, -0.15) is 0 Å². The molecule has 5 nitrogen and oxygen atoms in total. The van der Waals surface area contributed by atoms with Crippen LogP contribution in [0.1, 0.15) is 29.7 Å². The maximum absolute atomic E-state index is 6.10. The number of allylic oxidation sites excluding steroid dienone is 1. The van der Waals surface area contributed by atoms with Crippen LogP contribution in [0.5, 0.6) is 5.75 Å². The van der Waals surface area contributed by atoms with Gasteiger partial charge >= 0.3 is 0 Å². The Morgan fingerprint density at radius 1 is 1.04 bits per heavy atom. The molecule has 2 aliphatic carbocycles. The van der Waals surface area contributed by atoms with Crippen LogP contribution in [0, 0.1) is 5.41 Å². The molecule has 0 saturated heterocycles. The molecule has 26 heavy (non-hydrogen) atoms. The number of rotatable bonds is 1. The number of aliphatic imine (C=N–C) groups is 1. The number of hydrogen-bond donors (Lipinski definition) is 1. The molecule has 2 aromatic rings. The van der Waals surface area contributed by atoms with Crippen LogP contribution in [0.2, 0.25) is 0 Å². The van der Waals surface area contributed by atoms with Crippen molar-refractivity contribution in [1.29, 1.82) is 0 Å². The van der Waals surface area contributed by atoms with Crippen LogP contribution in [-0.2, 0) is 16.7 Å². The van der Waals surface area contributed by atoms with E-state index in [1.54, 1.807) is 0 Å². The molecule has 5 heteroatoms. The van der Waals surface area contributed by atoms with Gasteiger partial charge in [0.25, 0.3) is 6.02 Å². The normalized spacial score (nSPS) is 26.2. The maximum Gasteiger partial charge on any atom is 0.283 e. The van der Waals surface area contributed by atoms with Gasteiger partial charge in [0.1, 0.15) is 17.9 Å². The summed E-state index contributed by atoms with van der Waals surface area (Å²) in [6.45, 7) is 1.19. The van der Waals surface area contributed by atoms with Crippen LogP contribution >= 0.6 is 0 Å². The summed E-state index contributed by atoms with van der Waals surface area (Å²) < 4.78 is 11.7. The first kappa shape index (κ1) is 14.4. The van der Waals surface area contributed by atoms with Crippen molar-refractivity contribution in [1.82, 2.24) is 4.98 Å². The summed E-state index contributed by atoms with van der Waals surface area (Å²) in [5.74, 6) is 0.891. The largest absolute Gasteiger partial charge is 0.493 e. The fraction of sp³-hybridized carbons (Fsp3) is 0.333. The first-order valence-corrected chi connectivity index (χ1v) is 9.11. The lowest BCUT2D eigenvalue weighted by Crippen LogP contribution is -2.44. The van der Waals surface area contributed by atoms with Crippen molar-refractivity contribution in [3.05, 3.63) is 53.4 Å². The van der Waals surface area contributed by atoms with E-state index in [-0.39, 0.29) is 5.41 Å². The summed E-state index contributed by atoms with van der Waals surface area (Å²) in [4.78, 5) is 9.42. The molecule has 4 aliphatic rings. The molecule has 0 amide bonds. The Labute approximate surface area is 151 Å². The van der Waals surface area contributed by atoms with Crippen LogP contribution in [0.4, 0.5) is 0 Å². The topological polar surface area (TPSA) is 69.7 Å². The molecule has 0 bridgehead atoms. The number of aromatic nitrogens is 1. The zero-order valence-corrected chi connectivity index (χ0v) is 14.4. The smallest absolute Gasteiger partial charge is 0.283 e. The van der Waals surface area contributed by atoms with E-state index in [0.29, 0.717) is 19.2 Å². The van der Waals surface area contributed by atoms with Gasteiger partial charge in [0, 0.05) is 29.2 Å². The number of pyridine rings is 1. The average molecular weight is 345 g/mol. The van der Waals surface area contributed by atoms with Gasteiger partial charge in [-0.25, -0.2) is 4.99 Å². The molecule has 1 aromatic carbocycles. The SMILES string of the molecule is NC1=NC2(CO1)c1cc(-c3cnc4c(c3)C=CC4)ccc1OCC21CC1. The Bertz CT molecular complexity index is 1010. The monoisotopic (exact) mass is 345 g/mol. The van der Waals surface area contributed by atoms with Crippen molar-refractivity contribution < 1.29 is 9.47 Å². The molecule has 2 spiro atoms. The molecule has 2 aliphatic heterocycles. The van der Waals surface area contributed by atoms with Crippen LogP contribution in [0.15, 0.2) is 41.5 Å². The first-order valence-electron chi connectivity index (χ1n) is 9.11. The van der Waals surface area contributed by atoms with E-state index in [2.05, 4.69) is 41.4 Å². The third-order valence-electron chi connectivity index (χ3n) is 6.34. The van der Waals surface area contributed by atoms with Gasteiger partial charge in [-0.3, -0.25) is 4.98 Å². The molecule has 1 atom stereocenters. The number of hydrogen-bond acceptors (Lipinski definition) is 5. The van der Waals surface area contributed by atoms with Gasteiger partial charge in [0.2, 0.25) is 0 Å². The zero-order chi connectivity index (χ0) is 17.4. The number of amidine groups is 1. The minimum atomic E-state index is -0.412. The Balaban J connectivity index is 1.52. The summed E-state index contributed by atoms with van der Waals surface area (Å²) in [6.07, 6.45) is 9.37. The van der Waals surface area contributed by atoms with Crippen molar-refractivity contribution in [2.24, 2.45) is 16.1 Å². The molecular formula is C21H19N3O2. The van der Waals surface area contributed by atoms with Crippen molar-refractivity contribution in [2.75, 3.05) is 13.2 Å². The van der Waals surface area contributed by atoms with Crippen molar-refractivity contribution in [2.45, 2.75) is 24.8 Å². The predicted molar refractivity (Wildman–Crippen MR) is 98.8 cm³/mol. The van der Waals surface area contributed by atoms with Gasteiger partial charge in [0.05, 0.1) is 12.3 Å². The molecule has 2 N–H and O–H groups in total. The quantitative estimate of drug-likeness (QED) is 0.862. The summed E-state index contributed by atoms with van der Waals surface area (Å²) in [6, 6.07) is 8.84. The maximum atomic E-state index is 6.10. The van der Waals surface area contributed by atoms with E-state index in [0.717, 1.165) is 47.4 Å². The van der Waals surface area contributed by atoms with E-state index in [4.69, 9.17) is 20.2 Å². The molecule has 3 heterocycles. The van der Waals surface area contributed by atoms with Gasteiger partial charge in [-0.1, -0.05) is 18.2 Å². The van der Waals surface area contributed by atoms with E-state index in [9.17, 15) is 0 Å². The number of fused-ring (bicyclic) bond motifs is 4. The van der Waals surface area contributed by atoms with Gasteiger partial charge in [-0.05, 0) is 42.2 Å². The molecule has 130 valence electrons. The standard InChI is InChI=1S/C21H19N3O2/c22-19-24-21(12-26-19)16-9-13(4-5-18(16)25-11-20(21)6-7-20)15-8-14-2-1-3-17(14)23-10-15/h1-2,4-5,8-10H,3,6-7,11-12H2,(H2,22,24). The van der Waals surface area contributed by atoms with E-state index < -0.39 is 5.54 Å². The lowest BCUT2D eigenvalue weighted by atomic mass is 9.74. The van der Waals surface area contributed by atoms with Crippen LogP contribution < -0.4 is 10.5 Å². The molecule has 6 rings (SSSR count). The molecule has 1 unspecified atom stereocenters. The van der Waals surface area contributed by atoms with Gasteiger partial charge in [0.15, 0.2) is 0 Å². The molecular weight excluding hydrogens is 326 g/mol. The van der Waals surface area contributed by atoms with Gasteiger partial charge < -0.3 is 15.2 Å². The van der Waals surface area contributed by atoms with Crippen molar-refractivity contribution >= 4 is 12.1 Å². The predicted octanol–water partition coefficient (Wildman–Crippen LogP) is 3.03. The summed E-state index contributed by atoms with van der Waals surface area (Å²) in [5, 5.41) is 0. The minimum Gasteiger partial charge on any atom is -0.493 e. The third kappa shape index (κ3) is 1.75. The highest BCUT2D eigenvalue weighted by Gasteiger charge is 2.66. The molecule has 1 saturated carbocycles. The second-order valence-electron chi connectivity index (χ2n) is 7.75. The second-order valence-corrected chi connectivity index (χ2v) is 7.75. The van der Waals surface area contributed by atoms with Crippen molar-refractivity contribution in [3.63, 3.8) is 0 Å². The van der Waals surface area contributed by atoms with Crippen LogP contribution in [-0.4, -0.2) is 24.2 Å². The fourth-order valence-corrected chi connectivity index (χ4v) is 4.61. The number of nitrogens with zero attached hydrogens (tertiary/aromatic N) is 2. The fourth-order valence-electron chi connectivity index (χ4n) is 4.61. The first-order chi connectivity index (χ1) is 12.7. The van der Waals surface area contributed by atoms with E-state index >= 15 is 0 Å². The molecule has 0 radical (unpaired) electrons. The van der Waals surface area contributed by atoms with E-state index in [1.165, 1.54) is 5.56 Å². The Kier molecular flexibility index (Phi) is 2.58. The second kappa shape index (κ2) is 4.67. The summed E-state index contributed by atoms with van der Waals surface area (Å²) in [5.41, 5.74) is 11.2. The summed E-state index contributed by atoms with van der Waals surface area (Å²) >= 11 is 0. The minimum absolute atomic E-state index is 0.0265. The average Bonchev–Trinajstić information content (AvgIpc) is 3.11. The summed E-state index contributed by atoms with van der Waals surface area (Å²) in [7, 11) is 0. The molecule has 1 aromatic heterocycles. The highest BCUT2D eigenvalue weighted by Crippen LogP contribution is 2.65. The van der Waals surface area contributed by atoms with Crippen LogP contribution in [0.3, 0.4) is 0 Å². The number of nitrogens with two attached hydrogens (primary N) is 1. The lowest BCUT2D eigenvalue weighted by molar-refractivity contribution is 0.0871.